The zero-order chi connectivity index (χ0) is 15.5. The maximum Gasteiger partial charge on any atom is 0.0642 e. The van der Waals surface area contributed by atoms with E-state index in [0.717, 1.165) is 37.0 Å². The molecule has 0 radical (unpaired) electrons. The molecular formula is C17H27ClN2O. The Morgan fingerprint density at radius 2 is 2.14 bits per heavy atom. The zero-order valence-corrected chi connectivity index (χ0v) is 14.3. The Bertz CT molecular complexity index is 470. The number of benzene rings is 1. The number of methoxy groups -OCH3 is 1. The lowest BCUT2D eigenvalue weighted by Crippen LogP contribution is -2.35. The standard InChI is InChI=1S/C17H27ClN2O/c1-17(2,3)19-10-13-5-6-16(15(18)9-13)20-8-7-14(11-20)12-21-4/h5-6,9,14,19H,7-8,10-12H2,1-4H3. The molecule has 1 fully saturated rings. The molecule has 0 saturated carbocycles. The topological polar surface area (TPSA) is 24.5 Å². The molecule has 1 atom stereocenters. The highest BCUT2D eigenvalue weighted by Gasteiger charge is 2.24. The molecule has 1 aliphatic heterocycles. The SMILES string of the molecule is COCC1CCN(c2ccc(CNC(C)(C)C)cc2Cl)C1. The number of rotatable bonds is 5. The fourth-order valence-electron chi connectivity index (χ4n) is 2.71. The first-order valence-corrected chi connectivity index (χ1v) is 8.04. The predicted octanol–water partition coefficient (Wildman–Crippen LogP) is 3.70. The van der Waals surface area contributed by atoms with Crippen molar-refractivity contribution in [3.63, 3.8) is 0 Å². The summed E-state index contributed by atoms with van der Waals surface area (Å²) in [6, 6.07) is 6.40. The molecule has 0 aromatic heterocycles. The van der Waals surface area contributed by atoms with Crippen LogP contribution in [-0.2, 0) is 11.3 Å². The minimum absolute atomic E-state index is 0.119. The summed E-state index contributed by atoms with van der Waals surface area (Å²) < 4.78 is 5.26. The van der Waals surface area contributed by atoms with Gasteiger partial charge >= 0.3 is 0 Å². The summed E-state index contributed by atoms with van der Waals surface area (Å²) in [5.74, 6) is 0.619. The van der Waals surface area contributed by atoms with E-state index in [4.69, 9.17) is 16.3 Å². The second-order valence-corrected chi connectivity index (χ2v) is 7.35. The number of ether oxygens (including phenoxy) is 1. The average molecular weight is 311 g/mol. The van der Waals surface area contributed by atoms with Crippen LogP contribution in [0.3, 0.4) is 0 Å². The molecule has 2 rings (SSSR count). The highest BCUT2D eigenvalue weighted by atomic mass is 35.5. The molecule has 1 saturated heterocycles. The fourth-order valence-corrected chi connectivity index (χ4v) is 3.03. The van der Waals surface area contributed by atoms with Crippen molar-refractivity contribution in [3.05, 3.63) is 28.8 Å². The van der Waals surface area contributed by atoms with E-state index in [9.17, 15) is 0 Å². The summed E-state index contributed by atoms with van der Waals surface area (Å²) in [5, 5.41) is 4.34. The maximum absolute atomic E-state index is 6.48. The van der Waals surface area contributed by atoms with Crippen LogP contribution in [0.25, 0.3) is 0 Å². The van der Waals surface area contributed by atoms with Gasteiger partial charge in [0.2, 0.25) is 0 Å². The number of nitrogens with zero attached hydrogens (tertiary/aromatic N) is 1. The van der Waals surface area contributed by atoms with Crippen LogP contribution in [-0.4, -0.2) is 32.3 Å². The molecular weight excluding hydrogens is 284 g/mol. The van der Waals surface area contributed by atoms with E-state index in [0.29, 0.717) is 5.92 Å². The van der Waals surface area contributed by atoms with E-state index in [-0.39, 0.29) is 5.54 Å². The second kappa shape index (κ2) is 6.99. The summed E-state index contributed by atoms with van der Waals surface area (Å²) in [7, 11) is 1.77. The van der Waals surface area contributed by atoms with Gasteiger partial charge in [0.1, 0.15) is 0 Å². The van der Waals surface area contributed by atoms with Gasteiger partial charge in [-0.2, -0.15) is 0 Å². The number of hydrogen-bond acceptors (Lipinski definition) is 3. The van der Waals surface area contributed by atoms with Gasteiger partial charge in [-0.15, -0.1) is 0 Å². The van der Waals surface area contributed by atoms with Crippen LogP contribution in [0.1, 0.15) is 32.8 Å². The monoisotopic (exact) mass is 310 g/mol. The molecule has 1 aromatic carbocycles. The van der Waals surface area contributed by atoms with Crippen molar-refractivity contribution >= 4 is 17.3 Å². The van der Waals surface area contributed by atoms with Crippen LogP contribution >= 0.6 is 11.6 Å². The highest BCUT2D eigenvalue weighted by Crippen LogP contribution is 2.31. The fraction of sp³-hybridized carbons (Fsp3) is 0.647. The van der Waals surface area contributed by atoms with Crippen molar-refractivity contribution in [3.8, 4) is 0 Å². The van der Waals surface area contributed by atoms with E-state index in [1.165, 1.54) is 12.0 Å². The summed E-state index contributed by atoms with van der Waals surface area (Å²) in [6.07, 6.45) is 1.18. The Balaban J connectivity index is 1.99. The van der Waals surface area contributed by atoms with Crippen LogP contribution in [0.15, 0.2) is 18.2 Å². The Morgan fingerprint density at radius 3 is 2.76 bits per heavy atom. The molecule has 1 N–H and O–H groups in total. The van der Waals surface area contributed by atoms with Gasteiger partial charge in [-0.3, -0.25) is 0 Å². The van der Waals surface area contributed by atoms with E-state index < -0.39 is 0 Å². The van der Waals surface area contributed by atoms with Gasteiger partial charge in [-0.1, -0.05) is 17.7 Å². The number of anilines is 1. The van der Waals surface area contributed by atoms with Crippen LogP contribution < -0.4 is 10.2 Å². The Morgan fingerprint density at radius 1 is 1.38 bits per heavy atom. The Kier molecular flexibility index (Phi) is 5.53. The minimum atomic E-state index is 0.119. The van der Waals surface area contributed by atoms with Gasteiger partial charge in [0.05, 0.1) is 17.3 Å². The molecule has 118 valence electrons. The summed E-state index contributed by atoms with van der Waals surface area (Å²) in [5.41, 5.74) is 2.49. The lowest BCUT2D eigenvalue weighted by Gasteiger charge is -2.23. The first-order chi connectivity index (χ1) is 9.89. The average Bonchev–Trinajstić information content (AvgIpc) is 2.84. The lowest BCUT2D eigenvalue weighted by atomic mass is 10.1. The molecule has 0 aliphatic carbocycles. The van der Waals surface area contributed by atoms with Crippen molar-refractivity contribution < 1.29 is 4.74 Å². The normalized spacial score (nSPS) is 19.3. The van der Waals surface area contributed by atoms with Crippen molar-refractivity contribution in [2.24, 2.45) is 5.92 Å². The van der Waals surface area contributed by atoms with Crippen molar-refractivity contribution in [1.82, 2.24) is 5.32 Å². The second-order valence-electron chi connectivity index (χ2n) is 6.95. The smallest absolute Gasteiger partial charge is 0.0642 e. The van der Waals surface area contributed by atoms with E-state index in [1.54, 1.807) is 7.11 Å². The lowest BCUT2D eigenvalue weighted by molar-refractivity contribution is 0.161. The Labute approximate surface area is 133 Å². The molecule has 0 spiro atoms. The van der Waals surface area contributed by atoms with Crippen molar-refractivity contribution in [2.75, 3.05) is 31.7 Å². The number of nitrogens with one attached hydrogen (secondary N) is 1. The predicted molar refractivity (Wildman–Crippen MR) is 90.2 cm³/mol. The molecule has 1 aliphatic rings. The minimum Gasteiger partial charge on any atom is -0.384 e. The highest BCUT2D eigenvalue weighted by molar-refractivity contribution is 6.33. The van der Waals surface area contributed by atoms with Crippen LogP contribution in [0, 0.1) is 5.92 Å². The first kappa shape index (κ1) is 16.6. The third-order valence-electron chi connectivity index (χ3n) is 3.86. The molecule has 21 heavy (non-hydrogen) atoms. The van der Waals surface area contributed by atoms with Crippen molar-refractivity contribution in [1.29, 1.82) is 0 Å². The maximum atomic E-state index is 6.48. The summed E-state index contributed by atoms with van der Waals surface area (Å²) in [6.45, 7) is 10.3. The largest absolute Gasteiger partial charge is 0.384 e. The van der Waals surface area contributed by atoms with Gasteiger partial charge in [0, 0.05) is 38.2 Å². The number of halogens is 1. The molecule has 4 heteroatoms. The van der Waals surface area contributed by atoms with Gasteiger partial charge in [0.25, 0.3) is 0 Å². The van der Waals surface area contributed by atoms with Gasteiger partial charge in [0.15, 0.2) is 0 Å². The van der Waals surface area contributed by atoms with Gasteiger partial charge < -0.3 is 15.0 Å². The third kappa shape index (κ3) is 4.87. The molecule has 1 heterocycles. The zero-order valence-electron chi connectivity index (χ0n) is 13.6. The van der Waals surface area contributed by atoms with E-state index in [1.807, 2.05) is 0 Å². The summed E-state index contributed by atoms with van der Waals surface area (Å²) in [4.78, 5) is 2.37. The number of hydrogen-bond donors (Lipinski definition) is 1. The molecule has 0 bridgehead atoms. The molecule has 0 amide bonds. The van der Waals surface area contributed by atoms with Crippen LogP contribution in [0.5, 0.6) is 0 Å². The Hall–Kier alpha value is -0.770. The van der Waals surface area contributed by atoms with E-state index in [2.05, 4.69) is 49.2 Å². The molecule has 1 unspecified atom stereocenters. The third-order valence-corrected chi connectivity index (χ3v) is 4.17. The van der Waals surface area contributed by atoms with Gasteiger partial charge in [-0.25, -0.2) is 0 Å². The van der Waals surface area contributed by atoms with Crippen LogP contribution in [0.4, 0.5) is 5.69 Å². The van der Waals surface area contributed by atoms with Gasteiger partial charge in [-0.05, 0) is 44.9 Å². The van der Waals surface area contributed by atoms with E-state index >= 15 is 0 Å². The summed E-state index contributed by atoms with van der Waals surface area (Å²) >= 11 is 6.48. The van der Waals surface area contributed by atoms with Crippen LogP contribution in [0.2, 0.25) is 5.02 Å². The first-order valence-electron chi connectivity index (χ1n) is 7.66. The van der Waals surface area contributed by atoms with Crippen molar-refractivity contribution in [2.45, 2.75) is 39.3 Å². The quantitative estimate of drug-likeness (QED) is 0.897. The molecule has 3 nitrogen and oxygen atoms in total. The molecule has 1 aromatic rings.